The van der Waals surface area contributed by atoms with Crippen molar-refractivity contribution in [3.63, 3.8) is 0 Å². The van der Waals surface area contributed by atoms with E-state index in [0.717, 1.165) is 26.1 Å². The summed E-state index contributed by atoms with van der Waals surface area (Å²) in [6.07, 6.45) is 32.8. The van der Waals surface area contributed by atoms with Gasteiger partial charge in [0.05, 0.1) is 119 Å². The molecule has 0 fully saturated rings. The van der Waals surface area contributed by atoms with E-state index in [0.29, 0.717) is 119 Å². The van der Waals surface area contributed by atoms with Gasteiger partial charge in [-0.3, -0.25) is 0 Å². The lowest BCUT2D eigenvalue weighted by Crippen LogP contribution is -2.15. The first-order chi connectivity index (χ1) is 27.9. The standard InChI is InChI=1S/C46H94O10/c1-3-5-7-9-11-13-15-16-17-18-20-22-24-26-28-48-30-32-50-34-36-52-38-40-54-42-44-56-46-45-55-43-41-53-39-37-51-35-33-49-31-29-47-27-25-23-21-19-14-12-10-8-6-4-2/h3-46H2,1-2H3. The molecule has 0 saturated carbocycles. The summed E-state index contributed by atoms with van der Waals surface area (Å²) in [6, 6.07) is 0. The summed E-state index contributed by atoms with van der Waals surface area (Å²) in [4.78, 5) is 0. The number of ether oxygens (including phenoxy) is 10. The molecule has 10 nitrogen and oxygen atoms in total. The Labute approximate surface area is 346 Å². The number of rotatable bonds is 53. The van der Waals surface area contributed by atoms with Gasteiger partial charge in [-0.25, -0.2) is 0 Å². The zero-order chi connectivity index (χ0) is 40.2. The highest BCUT2D eigenvalue weighted by molar-refractivity contribution is 4.50. The Morgan fingerprint density at radius 1 is 0.143 bits per heavy atom. The van der Waals surface area contributed by atoms with Crippen LogP contribution in [0.3, 0.4) is 0 Å². The van der Waals surface area contributed by atoms with Crippen LogP contribution in [0.2, 0.25) is 0 Å². The van der Waals surface area contributed by atoms with Crippen LogP contribution in [0.1, 0.15) is 168 Å². The van der Waals surface area contributed by atoms with Crippen LogP contribution in [-0.4, -0.2) is 132 Å². The van der Waals surface area contributed by atoms with Gasteiger partial charge in [0.15, 0.2) is 0 Å². The largest absolute Gasteiger partial charge is 0.379 e. The third kappa shape index (κ3) is 53.6. The molecule has 56 heavy (non-hydrogen) atoms. The van der Waals surface area contributed by atoms with Gasteiger partial charge in [-0.15, -0.1) is 0 Å². The summed E-state index contributed by atoms with van der Waals surface area (Å²) >= 11 is 0. The second-order valence-electron chi connectivity index (χ2n) is 14.9. The van der Waals surface area contributed by atoms with E-state index in [9.17, 15) is 0 Å². The first kappa shape index (κ1) is 55.6. The predicted octanol–water partition coefficient (Wildman–Crippen LogP) is 10.6. The number of hydrogen-bond donors (Lipinski definition) is 0. The third-order valence-electron chi connectivity index (χ3n) is 9.63. The van der Waals surface area contributed by atoms with Crippen LogP contribution in [0, 0.1) is 0 Å². The van der Waals surface area contributed by atoms with Crippen LogP contribution in [0.4, 0.5) is 0 Å². The van der Waals surface area contributed by atoms with E-state index >= 15 is 0 Å². The van der Waals surface area contributed by atoms with Crippen molar-refractivity contribution in [3.8, 4) is 0 Å². The summed E-state index contributed by atoms with van der Waals surface area (Å²) in [6.45, 7) is 16.5. The van der Waals surface area contributed by atoms with Crippen molar-refractivity contribution in [1.29, 1.82) is 0 Å². The average Bonchev–Trinajstić information content (AvgIpc) is 3.21. The van der Waals surface area contributed by atoms with Gasteiger partial charge in [0.25, 0.3) is 0 Å². The van der Waals surface area contributed by atoms with Crippen LogP contribution < -0.4 is 0 Å². The van der Waals surface area contributed by atoms with Crippen molar-refractivity contribution in [2.75, 3.05) is 132 Å². The molecule has 0 aromatic rings. The molecule has 0 aliphatic heterocycles. The Bertz CT molecular complexity index is 605. The molecule has 0 aliphatic rings. The normalized spacial score (nSPS) is 11.7. The minimum absolute atomic E-state index is 0.536. The molecule has 0 heterocycles. The van der Waals surface area contributed by atoms with Gasteiger partial charge in [-0.05, 0) is 12.8 Å². The Morgan fingerprint density at radius 3 is 0.429 bits per heavy atom. The molecule has 0 unspecified atom stereocenters. The summed E-state index contributed by atoms with van der Waals surface area (Å²) in [5.74, 6) is 0. The minimum atomic E-state index is 0.536. The second-order valence-corrected chi connectivity index (χ2v) is 14.9. The molecular weight excluding hydrogens is 712 g/mol. The number of unbranched alkanes of at least 4 members (excludes halogenated alkanes) is 22. The zero-order valence-electron chi connectivity index (χ0n) is 37.2. The van der Waals surface area contributed by atoms with E-state index in [1.54, 1.807) is 0 Å². The van der Waals surface area contributed by atoms with Gasteiger partial charge in [-0.2, -0.15) is 0 Å². The SMILES string of the molecule is CCCCCCCCCCCCCCCCOCCOCCOCCOCCOCCOCCOCCOCCOCCOCCCCCCCCCCCC. The Kier molecular flexibility index (Phi) is 54.2. The van der Waals surface area contributed by atoms with Crippen molar-refractivity contribution in [2.45, 2.75) is 168 Å². The maximum absolute atomic E-state index is 5.69. The molecule has 0 saturated heterocycles. The van der Waals surface area contributed by atoms with E-state index < -0.39 is 0 Å². The summed E-state index contributed by atoms with van der Waals surface area (Å²) in [5, 5.41) is 0. The Hall–Kier alpha value is -0.400. The molecule has 0 N–H and O–H groups in total. The highest BCUT2D eigenvalue weighted by Gasteiger charge is 1.98. The van der Waals surface area contributed by atoms with Gasteiger partial charge < -0.3 is 47.4 Å². The highest BCUT2D eigenvalue weighted by atomic mass is 16.6. The molecule has 0 aliphatic carbocycles. The topological polar surface area (TPSA) is 92.3 Å². The quantitative estimate of drug-likeness (QED) is 0.0553. The van der Waals surface area contributed by atoms with Crippen LogP contribution in [0.25, 0.3) is 0 Å². The van der Waals surface area contributed by atoms with Gasteiger partial charge in [0.1, 0.15) is 0 Å². The van der Waals surface area contributed by atoms with Crippen LogP contribution in [-0.2, 0) is 47.4 Å². The predicted molar refractivity (Wildman–Crippen MR) is 230 cm³/mol. The minimum Gasteiger partial charge on any atom is -0.379 e. The highest BCUT2D eigenvalue weighted by Crippen LogP contribution is 2.13. The van der Waals surface area contributed by atoms with Crippen LogP contribution >= 0.6 is 0 Å². The van der Waals surface area contributed by atoms with E-state index in [-0.39, 0.29) is 0 Å². The molecule has 0 radical (unpaired) electrons. The van der Waals surface area contributed by atoms with Crippen molar-refractivity contribution < 1.29 is 47.4 Å². The maximum Gasteiger partial charge on any atom is 0.0701 e. The first-order valence-corrected chi connectivity index (χ1v) is 23.7. The molecule has 0 aromatic heterocycles. The first-order valence-electron chi connectivity index (χ1n) is 23.7. The van der Waals surface area contributed by atoms with Crippen molar-refractivity contribution >= 4 is 0 Å². The van der Waals surface area contributed by atoms with Crippen molar-refractivity contribution in [2.24, 2.45) is 0 Å². The van der Waals surface area contributed by atoms with E-state index in [1.165, 1.54) is 141 Å². The molecule has 0 bridgehead atoms. The molecular formula is C46H94O10. The lowest BCUT2D eigenvalue weighted by atomic mass is 10.0. The average molecular weight is 807 g/mol. The molecule has 0 spiro atoms. The fourth-order valence-electron chi connectivity index (χ4n) is 6.17. The zero-order valence-corrected chi connectivity index (χ0v) is 37.2. The lowest BCUT2D eigenvalue weighted by molar-refractivity contribution is -0.0264. The molecule has 338 valence electrons. The van der Waals surface area contributed by atoms with Crippen molar-refractivity contribution in [3.05, 3.63) is 0 Å². The fraction of sp³-hybridized carbons (Fsp3) is 1.00. The Morgan fingerprint density at radius 2 is 0.268 bits per heavy atom. The smallest absolute Gasteiger partial charge is 0.0701 e. The van der Waals surface area contributed by atoms with E-state index in [4.69, 9.17) is 47.4 Å². The third-order valence-corrected chi connectivity index (χ3v) is 9.63. The van der Waals surface area contributed by atoms with Gasteiger partial charge in [0.2, 0.25) is 0 Å². The van der Waals surface area contributed by atoms with Crippen LogP contribution in [0.5, 0.6) is 0 Å². The molecule has 0 atom stereocenters. The summed E-state index contributed by atoms with van der Waals surface area (Å²) in [7, 11) is 0. The monoisotopic (exact) mass is 807 g/mol. The lowest BCUT2D eigenvalue weighted by Gasteiger charge is -2.09. The van der Waals surface area contributed by atoms with Gasteiger partial charge in [-0.1, -0.05) is 155 Å². The van der Waals surface area contributed by atoms with Gasteiger partial charge >= 0.3 is 0 Å². The number of hydrogen-bond acceptors (Lipinski definition) is 10. The Balaban J connectivity index is 3.05. The van der Waals surface area contributed by atoms with E-state index in [1.807, 2.05) is 0 Å². The second kappa shape index (κ2) is 54.6. The van der Waals surface area contributed by atoms with Crippen molar-refractivity contribution in [1.82, 2.24) is 0 Å². The van der Waals surface area contributed by atoms with Crippen LogP contribution in [0.15, 0.2) is 0 Å². The summed E-state index contributed by atoms with van der Waals surface area (Å²) < 4.78 is 55.8. The van der Waals surface area contributed by atoms with E-state index in [2.05, 4.69) is 13.8 Å². The molecule has 0 rings (SSSR count). The maximum atomic E-state index is 5.69. The molecule has 10 heteroatoms. The fourth-order valence-corrected chi connectivity index (χ4v) is 6.17. The molecule has 0 aromatic carbocycles. The summed E-state index contributed by atoms with van der Waals surface area (Å²) in [5.41, 5.74) is 0. The molecule has 0 amide bonds. The van der Waals surface area contributed by atoms with Gasteiger partial charge in [0, 0.05) is 13.2 Å².